The second kappa shape index (κ2) is 7.89. The third-order valence-corrected chi connectivity index (χ3v) is 4.57. The molecule has 0 saturated heterocycles. The minimum atomic E-state index is -0.833. The highest BCUT2D eigenvalue weighted by Gasteiger charge is 2.04. The SMILES string of the molecule is O=PO.P.c1ccc2cc3c(ccc4cc5ccccc5cc43)cc2c1. The van der Waals surface area contributed by atoms with E-state index in [-0.39, 0.29) is 9.90 Å². The molecule has 0 heterocycles. The van der Waals surface area contributed by atoms with Crippen molar-refractivity contribution >= 4 is 61.7 Å². The van der Waals surface area contributed by atoms with Crippen molar-refractivity contribution in [2.75, 3.05) is 0 Å². The van der Waals surface area contributed by atoms with Crippen molar-refractivity contribution in [3.63, 3.8) is 0 Å². The van der Waals surface area contributed by atoms with Crippen LogP contribution in [0.1, 0.15) is 0 Å². The van der Waals surface area contributed by atoms with Crippen molar-refractivity contribution in [2.24, 2.45) is 0 Å². The Morgan fingerprint density at radius 3 is 1.19 bits per heavy atom. The molecular weight excluding hydrogens is 358 g/mol. The molecule has 1 atom stereocenters. The van der Waals surface area contributed by atoms with Crippen LogP contribution in [0.15, 0.2) is 84.9 Å². The molecule has 0 radical (unpaired) electrons. The number of hydrogen-bond acceptors (Lipinski definition) is 1. The van der Waals surface area contributed by atoms with E-state index in [1.54, 1.807) is 0 Å². The molecule has 0 saturated carbocycles. The number of hydrogen-bond donors (Lipinski definition) is 1. The monoisotopic (exact) mass is 376 g/mol. The fourth-order valence-corrected chi connectivity index (χ4v) is 3.44. The predicted octanol–water partition coefficient (Wildman–Crippen LogP) is 6.54. The predicted molar refractivity (Wildman–Crippen MR) is 117 cm³/mol. The van der Waals surface area contributed by atoms with Gasteiger partial charge >= 0.3 is 8.69 Å². The maximum atomic E-state index is 8.46. The van der Waals surface area contributed by atoms with E-state index in [1.165, 1.54) is 43.1 Å². The molecule has 26 heavy (non-hydrogen) atoms. The quantitative estimate of drug-likeness (QED) is 0.189. The molecule has 1 N–H and O–H groups in total. The fraction of sp³-hybridized carbons (Fsp3) is 0. The van der Waals surface area contributed by atoms with Gasteiger partial charge in [0.05, 0.1) is 0 Å². The Bertz CT molecular complexity index is 1140. The van der Waals surface area contributed by atoms with Gasteiger partial charge in [-0.15, -0.1) is 0 Å². The average molecular weight is 376 g/mol. The molecule has 0 spiro atoms. The molecule has 0 bridgehead atoms. The van der Waals surface area contributed by atoms with E-state index < -0.39 is 8.69 Å². The first kappa shape index (κ1) is 18.4. The van der Waals surface area contributed by atoms with E-state index in [9.17, 15) is 0 Å². The Balaban J connectivity index is 0.000000461. The van der Waals surface area contributed by atoms with Crippen LogP contribution in [-0.2, 0) is 4.57 Å². The molecule has 5 aromatic carbocycles. The molecule has 0 aliphatic carbocycles. The standard InChI is InChI=1S/C22H14.HO2P.H3P/c1-3-7-17-13-21-19(11-15(17)5-1)9-10-20-12-16-6-2-4-8-18(16)14-22(20)21;1-3-2;/h1-14H;(H,1,2);1H3. The van der Waals surface area contributed by atoms with Crippen LogP contribution in [-0.4, -0.2) is 4.89 Å². The van der Waals surface area contributed by atoms with Crippen LogP contribution >= 0.6 is 18.6 Å². The summed E-state index contributed by atoms with van der Waals surface area (Å²) in [6.07, 6.45) is 0. The van der Waals surface area contributed by atoms with Crippen molar-refractivity contribution in [1.29, 1.82) is 0 Å². The van der Waals surface area contributed by atoms with Gasteiger partial charge in [-0.2, -0.15) is 9.90 Å². The topological polar surface area (TPSA) is 37.3 Å². The van der Waals surface area contributed by atoms with Crippen LogP contribution in [0, 0.1) is 0 Å². The molecule has 0 aliphatic rings. The Hall–Kier alpha value is -2.37. The second-order valence-electron chi connectivity index (χ2n) is 5.99. The highest BCUT2D eigenvalue weighted by molar-refractivity contribution is 7.16. The number of rotatable bonds is 0. The van der Waals surface area contributed by atoms with Gasteiger partial charge in [-0.25, -0.2) is 4.57 Å². The maximum absolute atomic E-state index is 8.46. The van der Waals surface area contributed by atoms with Crippen LogP contribution in [0.4, 0.5) is 0 Å². The van der Waals surface area contributed by atoms with E-state index in [4.69, 9.17) is 9.46 Å². The Morgan fingerprint density at radius 2 is 0.846 bits per heavy atom. The van der Waals surface area contributed by atoms with Gasteiger partial charge < -0.3 is 4.89 Å². The fourth-order valence-electron chi connectivity index (χ4n) is 3.44. The molecule has 5 aromatic rings. The highest BCUT2D eigenvalue weighted by atomic mass is 31.1. The summed E-state index contributed by atoms with van der Waals surface area (Å²) < 4.78 is 8.46. The van der Waals surface area contributed by atoms with Gasteiger partial charge in [0.1, 0.15) is 0 Å². The summed E-state index contributed by atoms with van der Waals surface area (Å²) in [5, 5.41) is 10.5. The molecule has 128 valence electrons. The van der Waals surface area contributed by atoms with Gasteiger partial charge in [-0.1, -0.05) is 60.7 Å². The minimum Gasteiger partial charge on any atom is -0.310 e. The molecule has 1 unspecified atom stereocenters. The van der Waals surface area contributed by atoms with Crippen molar-refractivity contribution in [3.05, 3.63) is 84.9 Å². The molecule has 2 nitrogen and oxygen atoms in total. The van der Waals surface area contributed by atoms with Gasteiger partial charge in [0, 0.05) is 0 Å². The lowest BCUT2D eigenvalue weighted by atomic mass is 9.96. The summed E-state index contributed by atoms with van der Waals surface area (Å²) in [5.74, 6) is 0. The number of fused-ring (bicyclic) bond motifs is 5. The Kier molecular flexibility index (Phi) is 5.59. The molecule has 0 fully saturated rings. The first-order valence-corrected chi connectivity index (χ1v) is 8.77. The van der Waals surface area contributed by atoms with Crippen molar-refractivity contribution in [3.8, 4) is 0 Å². The van der Waals surface area contributed by atoms with Crippen molar-refractivity contribution in [2.45, 2.75) is 0 Å². The third kappa shape index (κ3) is 3.32. The molecule has 4 heteroatoms. The molecule has 0 aliphatic heterocycles. The zero-order valence-electron chi connectivity index (χ0n) is 14.1. The lowest BCUT2D eigenvalue weighted by Crippen LogP contribution is -1.81. The molecule has 5 rings (SSSR count). The smallest absolute Gasteiger partial charge is 0.310 e. The van der Waals surface area contributed by atoms with Crippen LogP contribution < -0.4 is 0 Å². The van der Waals surface area contributed by atoms with E-state index in [2.05, 4.69) is 84.9 Å². The van der Waals surface area contributed by atoms with Gasteiger partial charge in [-0.05, 0) is 67.4 Å². The second-order valence-corrected chi connectivity index (χ2v) is 6.15. The van der Waals surface area contributed by atoms with Gasteiger partial charge in [0.25, 0.3) is 0 Å². The molecule has 0 aromatic heterocycles. The van der Waals surface area contributed by atoms with Gasteiger partial charge in [0.15, 0.2) is 0 Å². The summed E-state index contributed by atoms with van der Waals surface area (Å²) in [6.45, 7) is 0. The number of benzene rings is 5. The summed E-state index contributed by atoms with van der Waals surface area (Å²) in [6, 6.07) is 30.8. The lowest BCUT2D eigenvalue weighted by Gasteiger charge is -2.08. The Labute approximate surface area is 156 Å². The van der Waals surface area contributed by atoms with Crippen molar-refractivity contribution in [1.82, 2.24) is 0 Å². The first-order valence-electron chi connectivity index (χ1n) is 8.01. The Morgan fingerprint density at radius 1 is 0.538 bits per heavy atom. The van der Waals surface area contributed by atoms with Crippen LogP contribution in [0.5, 0.6) is 0 Å². The van der Waals surface area contributed by atoms with Crippen LogP contribution in [0.3, 0.4) is 0 Å². The average Bonchev–Trinajstić information content (AvgIpc) is 2.65. The summed E-state index contributed by atoms with van der Waals surface area (Å²) in [5.41, 5.74) is 0. The third-order valence-electron chi connectivity index (χ3n) is 4.57. The zero-order valence-corrected chi connectivity index (χ0v) is 16.4. The maximum Gasteiger partial charge on any atom is 0.324 e. The summed E-state index contributed by atoms with van der Waals surface area (Å²) in [7, 11) is -0.833. The minimum absolute atomic E-state index is 0. The largest absolute Gasteiger partial charge is 0.324 e. The summed E-state index contributed by atoms with van der Waals surface area (Å²) in [4.78, 5) is 6.99. The first-order chi connectivity index (χ1) is 12.3. The van der Waals surface area contributed by atoms with Crippen LogP contribution in [0.2, 0.25) is 0 Å². The van der Waals surface area contributed by atoms with Crippen LogP contribution in [0.25, 0.3) is 43.1 Å². The molecular formula is C22H18O2P2. The molecule has 0 amide bonds. The highest BCUT2D eigenvalue weighted by Crippen LogP contribution is 2.32. The summed E-state index contributed by atoms with van der Waals surface area (Å²) >= 11 is 0. The normalized spacial score (nSPS) is 10.7. The van der Waals surface area contributed by atoms with E-state index in [1.807, 2.05) is 0 Å². The zero-order chi connectivity index (χ0) is 17.2. The van der Waals surface area contributed by atoms with E-state index >= 15 is 0 Å². The van der Waals surface area contributed by atoms with E-state index in [0.29, 0.717) is 0 Å². The van der Waals surface area contributed by atoms with Gasteiger partial charge in [0.2, 0.25) is 0 Å². The lowest BCUT2D eigenvalue weighted by molar-refractivity contribution is 0.524. The van der Waals surface area contributed by atoms with Crippen molar-refractivity contribution < 1.29 is 9.46 Å². The van der Waals surface area contributed by atoms with E-state index in [0.717, 1.165) is 0 Å². The van der Waals surface area contributed by atoms with Gasteiger partial charge in [-0.3, -0.25) is 0 Å².